The molecule has 0 aliphatic heterocycles. The number of aromatic nitrogens is 5. The second-order valence-electron chi connectivity index (χ2n) is 8.13. The zero-order chi connectivity index (χ0) is 24.4. The monoisotopic (exact) mass is 477 g/mol. The fourth-order valence-electron chi connectivity index (χ4n) is 3.90. The van der Waals surface area contributed by atoms with Crippen LogP contribution >= 0.6 is 0 Å². The summed E-state index contributed by atoms with van der Waals surface area (Å²) in [6, 6.07) is 19.1. The van der Waals surface area contributed by atoms with Gasteiger partial charge in [-0.05, 0) is 17.7 Å². The second-order valence-corrected chi connectivity index (χ2v) is 8.13. The number of alkyl halides is 3. The van der Waals surface area contributed by atoms with E-state index in [9.17, 15) is 13.2 Å². The Kier molecular flexibility index (Phi) is 5.86. The second kappa shape index (κ2) is 9.13. The third-order valence-electron chi connectivity index (χ3n) is 5.60. The van der Waals surface area contributed by atoms with Gasteiger partial charge in [-0.1, -0.05) is 42.5 Å². The number of halogens is 3. The van der Waals surface area contributed by atoms with E-state index in [0.29, 0.717) is 17.9 Å². The lowest BCUT2D eigenvalue weighted by molar-refractivity contribution is -0.137. The first kappa shape index (κ1) is 22.5. The van der Waals surface area contributed by atoms with Crippen molar-refractivity contribution in [1.82, 2.24) is 24.8 Å². The van der Waals surface area contributed by atoms with Crippen LogP contribution in [0.5, 0.6) is 0 Å². The van der Waals surface area contributed by atoms with Crippen molar-refractivity contribution in [1.29, 1.82) is 0 Å². The predicted molar refractivity (Wildman–Crippen MR) is 128 cm³/mol. The topological polar surface area (TPSA) is 74.1 Å². The summed E-state index contributed by atoms with van der Waals surface area (Å²) in [6.07, 6.45) is -0.999. The first-order chi connectivity index (χ1) is 16.9. The third kappa shape index (κ3) is 4.81. The maximum atomic E-state index is 13.3. The van der Waals surface area contributed by atoms with Crippen LogP contribution in [0, 0.1) is 0 Å². The highest BCUT2D eigenvalue weighted by molar-refractivity contribution is 5.66. The number of hydrogen-bond donors (Lipinski definition) is 2. The first-order valence-electron chi connectivity index (χ1n) is 10.9. The normalized spacial score (nSPS) is 11.7. The molecule has 0 atom stereocenters. The fourth-order valence-corrected chi connectivity index (χ4v) is 3.90. The van der Waals surface area contributed by atoms with Crippen molar-refractivity contribution < 1.29 is 13.2 Å². The van der Waals surface area contributed by atoms with Gasteiger partial charge in [0.2, 0.25) is 0 Å². The quantitative estimate of drug-likeness (QED) is 0.329. The van der Waals surface area contributed by atoms with Gasteiger partial charge >= 0.3 is 6.18 Å². The van der Waals surface area contributed by atoms with E-state index in [1.807, 2.05) is 48.3 Å². The summed E-state index contributed by atoms with van der Waals surface area (Å²) in [5.41, 5.74) is 3.15. The largest absolute Gasteiger partial charge is 0.418 e. The number of rotatable bonds is 7. The molecule has 0 spiro atoms. The third-order valence-corrected chi connectivity index (χ3v) is 5.60. The minimum atomic E-state index is -4.45. The lowest BCUT2D eigenvalue weighted by atomic mass is 10.1. The number of aromatic amines is 1. The minimum Gasteiger partial charge on any atom is -0.379 e. The Labute approximate surface area is 199 Å². The number of H-pyrrole nitrogens is 1. The van der Waals surface area contributed by atoms with Gasteiger partial charge in [-0.2, -0.15) is 23.4 Å². The number of nitrogens with zero attached hydrogens (tertiary/aromatic N) is 5. The Morgan fingerprint density at radius 1 is 1.03 bits per heavy atom. The summed E-state index contributed by atoms with van der Waals surface area (Å²) in [5, 5.41) is 14.3. The molecule has 0 bridgehead atoms. The van der Waals surface area contributed by atoms with Gasteiger partial charge in [-0.15, -0.1) is 0 Å². The van der Waals surface area contributed by atoms with Crippen molar-refractivity contribution >= 4 is 17.2 Å². The maximum Gasteiger partial charge on any atom is 0.418 e. The molecule has 2 N–H and O–H groups in total. The average molecular weight is 477 g/mol. The summed E-state index contributed by atoms with van der Waals surface area (Å²) in [5.74, 6) is 0.736. The Bertz CT molecular complexity index is 1430. The van der Waals surface area contributed by atoms with Crippen LogP contribution in [-0.4, -0.2) is 31.8 Å². The summed E-state index contributed by atoms with van der Waals surface area (Å²) in [4.78, 5) is 6.79. The van der Waals surface area contributed by atoms with Crippen LogP contribution in [0.15, 0.2) is 79.1 Å². The molecule has 0 saturated carbocycles. The first-order valence-corrected chi connectivity index (χ1v) is 10.9. The van der Waals surface area contributed by atoms with E-state index >= 15 is 0 Å². The Morgan fingerprint density at radius 3 is 2.54 bits per heavy atom. The Balaban J connectivity index is 1.47. The summed E-state index contributed by atoms with van der Waals surface area (Å²) >= 11 is 0. The van der Waals surface area contributed by atoms with Crippen LogP contribution in [0.3, 0.4) is 0 Å². The molecule has 10 heteroatoms. The van der Waals surface area contributed by atoms with E-state index in [2.05, 4.69) is 20.6 Å². The molecule has 2 aromatic carbocycles. The van der Waals surface area contributed by atoms with Crippen molar-refractivity contribution in [2.75, 3.05) is 17.3 Å². The molecule has 7 nitrogen and oxygen atoms in total. The van der Waals surface area contributed by atoms with E-state index in [-0.39, 0.29) is 12.2 Å². The van der Waals surface area contributed by atoms with E-state index in [0.717, 1.165) is 28.7 Å². The van der Waals surface area contributed by atoms with Crippen LogP contribution in [0.1, 0.15) is 16.8 Å². The standard InChI is InChI=1S/C25H22F3N7/c1-34(16-17-7-3-2-4-8-17)23-12-22(18-13-30-31-14-18)35-24(32-23)11-19(33-35)15-29-21-10-6-5-9-20(21)25(26,27)28/h2-14,29H,15-16H2,1H3,(H,30,31). The molecule has 0 amide bonds. The smallest absolute Gasteiger partial charge is 0.379 e. The molecular weight excluding hydrogens is 455 g/mol. The fraction of sp³-hybridized carbons (Fsp3) is 0.160. The van der Waals surface area contributed by atoms with Crippen LogP contribution < -0.4 is 10.2 Å². The number of para-hydroxylation sites is 1. The molecule has 178 valence electrons. The molecule has 3 heterocycles. The molecule has 0 fully saturated rings. The zero-order valence-corrected chi connectivity index (χ0v) is 18.8. The SMILES string of the molecule is CN(Cc1ccccc1)c1cc(-c2cn[nH]c2)n2nc(CNc3ccccc3C(F)(F)F)cc2n1. The molecule has 0 aliphatic rings. The Hall–Kier alpha value is -4.34. The minimum absolute atomic E-state index is 0.00311. The van der Waals surface area contributed by atoms with E-state index in [1.165, 1.54) is 12.1 Å². The van der Waals surface area contributed by atoms with Gasteiger partial charge < -0.3 is 10.2 Å². The van der Waals surface area contributed by atoms with Gasteiger partial charge in [0.05, 0.1) is 29.7 Å². The molecule has 35 heavy (non-hydrogen) atoms. The van der Waals surface area contributed by atoms with Gasteiger partial charge in [0.15, 0.2) is 5.65 Å². The lowest BCUT2D eigenvalue weighted by Gasteiger charge is -2.19. The van der Waals surface area contributed by atoms with Gasteiger partial charge in [0.1, 0.15) is 5.82 Å². The molecule has 0 radical (unpaired) electrons. The van der Waals surface area contributed by atoms with Crippen LogP contribution in [0.2, 0.25) is 0 Å². The highest BCUT2D eigenvalue weighted by Gasteiger charge is 2.33. The number of nitrogens with one attached hydrogen (secondary N) is 2. The van der Waals surface area contributed by atoms with Crippen LogP contribution in [0.4, 0.5) is 24.7 Å². The Morgan fingerprint density at radius 2 is 1.80 bits per heavy atom. The summed E-state index contributed by atoms with van der Waals surface area (Å²) in [7, 11) is 1.96. The highest BCUT2D eigenvalue weighted by Crippen LogP contribution is 2.34. The molecular formula is C25H22F3N7. The predicted octanol–water partition coefficient (Wildman–Crippen LogP) is 5.39. The molecule has 5 rings (SSSR count). The average Bonchev–Trinajstić information content (AvgIpc) is 3.52. The number of benzene rings is 2. The van der Waals surface area contributed by atoms with Crippen molar-refractivity contribution in [3.63, 3.8) is 0 Å². The van der Waals surface area contributed by atoms with Gasteiger partial charge in [0.25, 0.3) is 0 Å². The van der Waals surface area contributed by atoms with E-state index in [1.54, 1.807) is 29.0 Å². The number of hydrogen-bond acceptors (Lipinski definition) is 5. The van der Waals surface area contributed by atoms with Gasteiger partial charge in [-0.3, -0.25) is 5.10 Å². The number of anilines is 2. The van der Waals surface area contributed by atoms with Gasteiger partial charge in [0, 0.05) is 43.2 Å². The number of fused-ring (bicyclic) bond motifs is 1. The van der Waals surface area contributed by atoms with Crippen LogP contribution in [-0.2, 0) is 19.3 Å². The van der Waals surface area contributed by atoms with E-state index < -0.39 is 11.7 Å². The summed E-state index contributed by atoms with van der Waals surface area (Å²) in [6.45, 7) is 0.766. The summed E-state index contributed by atoms with van der Waals surface area (Å²) < 4.78 is 41.7. The molecule has 3 aromatic heterocycles. The molecule has 5 aromatic rings. The van der Waals surface area contributed by atoms with Crippen molar-refractivity contribution in [3.8, 4) is 11.3 Å². The van der Waals surface area contributed by atoms with Gasteiger partial charge in [-0.25, -0.2) is 9.50 Å². The zero-order valence-electron chi connectivity index (χ0n) is 18.8. The molecule has 0 saturated heterocycles. The lowest BCUT2D eigenvalue weighted by Crippen LogP contribution is -2.18. The van der Waals surface area contributed by atoms with Crippen molar-refractivity contribution in [3.05, 3.63) is 95.9 Å². The molecule has 0 aliphatic carbocycles. The van der Waals surface area contributed by atoms with Crippen LogP contribution in [0.25, 0.3) is 16.9 Å². The van der Waals surface area contributed by atoms with Crippen molar-refractivity contribution in [2.45, 2.75) is 19.3 Å². The highest BCUT2D eigenvalue weighted by atomic mass is 19.4. The van der Waals surface area contributed by atoms with E-state index in [4.69, 9.17) is 4.98 Å². The maximum absolute atomic E-state index is 13.3. The molecule has 0 unspecified atom stereocenters. The van der Waals surface area contributed by atoms with Crippen molar-refractivity contribution in [2.24, 2.45) is 0 Å².